The molecule has 1 atom stereocenters. The SMILES string of the molecule is COc1cc(C(NN)c2csc(I)c2)ccc1Cl. The predicted molar refractivity (Wildman–Crippen MR) is 84.2 cm³/mol. The van der Waals surface area contributed by atoms with Crippen molar-refractivity contribution >= 4 is 45.5 Å². The van der Waals surface area contributed by atoms with Gasteiger partial charge >= 0.3 is 0 Å². The van der Waals surface area contributed by atoms with Gasteiger partial charge in [-0.1, -0.05) is 17.7 Å². The summed E-state index contributed by atoms with van der Waals surface area (Å²) in [4.78, 5) is 0. The normalized spacial score (nSPS) is 12.4. The molecule has 1 aromatic heterocycles. The van der Waals surface area contributed by atoms with E-state index < -0.39 is 0 Å². The maximum atomic E-state index is 6.02. The van der Waals surface area contributed by atoms with Crippen molar-refractivity contribution in [2.45, 2.75) is 6.04 Å². The third-order valence-corrected chi connectivity index (χ3v) is 4.72. The summed E-state index contributed by atoms with van der Waals surface area (Å²) in [6.07, 6.45) is 0. The molecule has 0 amide bonds. The summed E-state index contributed by atoms with van der Waals surface area (Å²) in [7, 11) is 1.60. The monoisotopic (exact) mass is 394 g/mol. The van der Waals surface area contributed by atoms with Crippen LogP contribution < -0.4 is 16.0 Å². The second-order valence-corrected chi connectivity index (χ2v) is 6.89. The molecule has 1 unspecified atom stereocenters. The van der Waals surface area contributed by atoms with E-state index in [-0.39, 0.29) is 6.04 Å². The Hall–Kier alpha value is -0.340. The quantitative estimate of drug-likeness (QED) is 0.473. The Morgan fingerprint density at radius 1 is 1.39 bits per heavy atom. The van der Waals surface area contributed by atoms with Crippen molar-refractivity contribution in [3.8, 4) is 5.75 Å². The van der Waals surface area contributed by atoms with Crippen LogP contribution in [-0.4, -0.2) is 7.11 Å². The number of methoxy groups -OCH3 is 1. The molecule has 0 bridgehead atoms. The minimum Gasteiger partial charge on any atom is -0.495 e. The van der Waals surface area contributed by atoms with Gasteiger partial charge in [0.05, 0.1) is 21.1 Å². The van der Waals surface area contributed by atoms with Crippen molar-refractivity contribution in [2.75, 3.05) is 7.11 Å². The summed E-state index contributed by atoms with van der Waals surface area (Å²) in [5.74, 6) is 6.31. The zero-order valence-electron chi connectivity index (χ0n) is 9.61. The first kappa shape index (κ1) is 14.1. The van der Waals surface area contributed by atoms with Gasteiger partial charge in [0.25, 0.3) is 0 Å². The number of benzene rings is 1. The van der Waals surface area contributed by atoms with Crippen molar-refractivity contribution in [3.63, 3.8) is 0 Å². The summed E-state index contributed by atoms with van der Waals surface area (Å²) in [5, 5.41) is 2.69. The molecule has 0 fully saturated rings. The van der Waals surface area contributed by atoms with E-state index >= 15 is 0 Å². The van der Waals surface area contributed by atoms with E-state index in [4.69, 9.17) is 22.2 Å². The summed E-state index contributed by atoms with van der Waals surface area (Å²) in [6.45, 7) is 0. The molecule has 2 rings (SSSR count). The Labute approximate surface area is 128 Å². The van der Waals surface area contributed by atoms with Crippen molar-refractivity contribution in [2.24, 2.45) is 5.84 Å². The lowest BCUT2D eigenvalue weighted by Crippen LogP contribution is -2.28. The molecule has 18 heavy (non-hydrogen) atoms. The van der Waals surface area contributed by atoms with Crippen LogP contribution in [0.3, 0.4) is 0 Å². The Balaban J connectivity index is 2.38. The summed E-state index contributed by atoms with van der Waals surface area (Å²) in [6, 6.07) is 7.71. The number of rotatable bonds is 4. The molecule has 6 heteroatoms. The van der Waals surface area contributed by atoms with Gasteiger partial charge in [-0.25, -0.2) is 5.43 Å². The highest BCUT2D eigenvalue weighted by Crippen LogP contribution is 2.32. The molecule has 0 spiro atoms. The van der Waals surface area contributed by atoms with E-state index in [0.717, 1.165) is 11.1 Å². The second kappa shape index (κ2) is 6.21. The van der Waals surface area contributed by atoms with Crippen molar-refractivity contribution in [3.05, 3.63) is 48.7 Å². The fourth-order valence-electron chi connectivity index (χ4n) is 1.72. The van der Waals surface area contributed by atoms with Crippen LogP contribution >= 0.6 is 45.5 Å². The maximum Gasteiger partial charge on any atom is 0.137 e. The van der Waals surface area contributed by atoms with E-state index in [0.29, 0.717) is 10.8 Å². The lowest BCUT2D eigenvalue weighted by atomic mass is 10.0. The highest BCUT2D eigenvalue weighted by Gasteiger charge is 2.15. The fraction of sp³-hybridized carbons (Fsp3) is 0.167. The summed E-state index contributed by atoms with van der Waals surface area (Å²) in [5.41, 5.74) is 4.98. The molecule has 0 saturated heterocycles. The minimum atomic E-state index is -0.0593. The molecule has 0 radical (unpaired) electrons. The van der Waals surface area contributed by atoms with Crippen molar-refractivity contribution < 1.29 is 4.74 Å². The number of hydrogen-bond acceptors (Lipinski definition) is 4. The van der Waals surface area contributed by atoms with E-state index in [1.165, 1.54) is 2.88 Å². The van der Waals surface area contributed by atoms with Gasteiger partial charge in [0.15, 0.2) is 0 Å². The fourth-order valence-corrected chi connectivity index (χ4v) is 3.31. The number of hydrogen-bond donors (Lipinski definition) is 2. The van der Waals surface area contributed by atoms with E-state index in [9.17, 15) is 0 Å². The Kier molecular flexibility index (Phi) is 4.85. The number of halogens is 2. The third kappa shape index (κ3) is 2.97. The van der Waals surface area contributed by atoms with Crippen LogP contribution in [0.2, 0.25) is 5.02 Å². The summed E-state index contributed by atoms with van der Waals surface area (Å²) >= 11 is 10.0. The highest BCUT2D eigenvalue weighted by molar-refractivity contribution is 14.1. The van der Waals surface area contributed by atoms with Crippen LogP contribution in [-0.2, 0) is 0 Å². The first-order chi connectivity index (χ1) is 8.65. The maximum absolute atomic E-state index is 6.02. The Morgan fingerprint density at radius 3 is 2.72 bits per heavy atom. The molecule has 3 N–H and O–H groups in total. The number of nitrogens with one attached hydrogen (secondary N) is 1. The average molecular weight is 395 g/mol. The van der Waals surface area contributed by atoms with Crippen LogP contribution in [0.5, 0.6) is 5.75 Å². The lowest BCUT2D eigenvalue weighted by Gasteiger charge is -2.16. The van der Waals surface area contributed by atoms with Gasteiger partial charge in [-0.2, -0.15) is 0 Å². The molecule has 96 valence electrons. The third-order valence-electron chi connectivity index (χ3n) is 2.60. The molecule has 0 aliphatic heterocycles. The molecule has 2 aromatic rings. The van der Waals surface area contributed by atoms with Gasteiger partial charge in [0.1, 0.15) is 5.75 Å². The minimum absolute atomic E-state index is 0.0593. The molecule has 0 aliphatic rings. The predicted octanol–water partition coefficient (Wildman–Crippen LogP) is 3.57. The second-order valence-electron chi connectivity index (χ2n) is 3.68. The lowest BCUT2D eigenvalue weighted by molar-refractivity contribution is 0.414. The first-order valence-electron chi connectivity index (χ1n) is 5.19. The van der Waals surface area contributed by atoms with Gasteiger partial charge in [0.2, 0.25) is 0 Å². The first-order valence-corrected chi connectivity index (χ1v) is 7.53. The van der Waals surface area contributed by atoms with Gasteiger partial charge in [0, 0.05) is 0 Å². The molecule has 0 aliphatic carbocycles. The van der Waals surface area contributed by atoms with Gasteiger partial charge < -0.3 is 4.74 Å². The zero-order chi connectivity index (χ0) is 13.1. The number of nitrogens with two attached hydrogens (primary N) is 1. The largest absolute Gasteiger partial charge is 0.495 e. The summed E-state index contributed by atoms with van der Waals surface area (Å²) < 4.78 is 6.45. The van der Waals surface area contributed by atoms with E-state index in [1.807, 2.05) is 18.2 Å². The molecule has 1 heterocycles. The van der Waals surface area contributed by atoms with Crippen molar-refractivity contribution in [1.82, 2.24) is 5.43 Å². The molecule has 0 saturated carbocycles. The Bertz CT molecular complexity index is 547. The highest BCUT2D eigenvalue weighted by atomic mass is 127. The van der Waals surface area contributed by atoms with Gasteiger partial charge in [-0.15, -0.1) is 11.3 Å². The average Bonchev–Trinajstić information content (AvgIpc) is 2.79. The topological polar surface area (TPSA) is 47.3 Å². The number of hydrazine groups is 1. The van der Waals surface area contributed by atoms with Gasteiger partial charge in [-0.05, 0) is 57.3 Å². The van der Waals surface area contributed by atoms with Crippen molar-refractivity contribution in [1.29, 1.82) is 0 Å². The van der Waals surface area contributed by atoms with Crippen LogP contribution in [0.15, 0.2) is 29.6 Å². The van der Waals surface area contributed by atoms with Crippen LogP contribution in [0.4, 0.5) is 0 Å². The van der Waals surface area contributed by atoms with Crippen LogP contribution in [0, 0.1) is 2.88 Å². The van der Waals surface area contributed by atoms with E-state index in [1.54, 1.807) is 18.4 Å². The number of ether oxygens (including phenoxy) is 1. The molecular formula is C12H12ClIN2OS. The molecule has 1 aromatic carbocycles. The molecule has 3 nitrogen and oxygen atoms in total. The Morgan fingerprint density at radius 2 is 2.17 bits per heavy atom. The van der Waals surface area contributed by atoms with Crippen LogP contribution in [0.1, 0.15) is 17.2 Å². The van der Waals surface area contributed by atoms with E-state index in [2.05, 4.69) is 39.5 Å². The molecular weight excluding hydrogens is 383 g/mol. The smallest absolute Gasteiger partial charge is 0.137 e. The number of thiophene rings is 1. The van der Waals surface area contributed by atoms with Gasteiger partial charge in [-0.3, -0.25) is 5.84 Å². The standard InChI is InChI=1S/C12H12ClIN2OS/c1-17-10-4-7(2-3-9(10)13)12(16-15)8-5-11(14)18-6-8/h2-6,12,16H,15H2,1H3. The van der Waals surface area contributed by atoms with Crippen LogP contribution in [0.25, 0.3) is 0 Å². The zero-order valence-corrected chi connectivity index (χ0v) is 13.3.